The molecule has 0 radical (unpaired) electrons. The van der Waals surface area contributed by atoms with E-state index < -0.39 is 0 Å². The maximum absolute atomic E-state index is 13.0. The van der Waals surface area contributed by atoms with E-state index in [0.29, 0.717) is 19.0 Å². The van der Waals surface area contributed by atoms with E-state index in [-0.39, 0.29) is 12.5 Å². The Morgan fingerprint density at radius 3 is 2.41 bits per heavy atom. The van der Waals surface area contributed by atoms with Crippen LogP contribution in [0.15, 0.2) is 42.5 Å². The van der Waals surface area contributed by atoms with Gasteiger partial charge in [-0.3, -0.25) is 4.79 Å². The number of fused-ring (bicyclic) bond motifs is 2. The van der Waals surface area contributed by atoms with Gasteiger partial charge in [0, 0.05) is 44.0 Å². The summed E-state index contributed by atoms with van der Waals surface area (Å²) in [5, 5.41) is 0. The highest BCUT2D eigenvalue weighted by Crippen LogP contribution is 2.34. The van der Waals surface area contributed by atoms with Crippen LogP contribution >= 0.6 is 0 Å². The zero-order valence-corrected chi connectivity index (χ0v) is 16.5. The second-order valence-corrected chi connectivity index (χ2v) is 7.43. The maximum atomic E-state index is 13.0. The van der Waals surface area contributed by atoms with Crippen molar-refractivity contribution in [3.8, 4) is 11.5 Å². The molecule has 7 nitrogen and oxygen atoms in total. The summed E-state index contributed by atoms with van der Waals surface area (Å²) in [5.41, 5.74) is 2.94. The van der Waals surface area contributed by atoms with E-state index in [1.807, 2.05) is 46.7 Å². The zero-order chi connectivity index (χ0) is 19.8. The molecule has 1 amide bonds. The number of para-hydroxylation sites is 1. The predicted octanol–water partition coefficient (Wildman–Crippen LogP) is 2.46. The van der Waals surface area contributed by atoms with E-state index in [9.17, 15) is 4.79 Å². The Morgan fingerprint density at radius 1 is 1.00 bits per heavy atom. The van der Waals surface area contributed by atoms with Gasteiger partial charge in [-0.2, -0.15) is 0 Å². The van der Waals surface area contributed by atoms with Crippen LogP contribution in [-0.4, -0.2) is 59.8 Å². The number of piperazine rings is 1. The Labute approximate surface area is 169 Å². The van der Waals surface area contributed by atoms with Crippen LogP contribution in [0.3, 0.4) is 0 Å². The Balaban J connectivity index is 1.31. The summed E-state index contributed by atoms with van der Waals surface area (Å²) in [4.78, 5) is 21.9. The van der Waals surface area contributed by atoms with Crippen LogP contribution in [0.2, 0.25) is 0 Å². The molecular formula is C22H24N4O3. The molecule has 0 N–H and O–H groups in total. The fourth-order valence-electron chi connectivity index (χ4n) is 4.07. The van der Waals surface area contributed by atoms with Gasteiger partial charge in [-0.25, -0.2) is 4.98 Å². The van der Waals surface area contributed by atoms with Gasteiger partial charge in [0.2, 0.25) is 5.91 Å². The number of aryl methyl sites for hydroxylation is 1. The number of amides is 1. The number of anilines is 1. The predicted molar refractivity (Wildman–Crippen MR) is 111 cm³/mol. The van der Waals surface area contributed by atoms with Crippen molar-refractivity contribution in [3.63, 3.8) is 0 Å². The lowest BCUT2D eigenvalue weighted by Gasteiger charge is -2.36. The molecule has 2 aliphatic heterocycles. The molecule has 0 unspecified atom stereocenters. The van der Waals surface area contributed by atoms with E-state index in [1.165, 1.54) is 5.69 Å². The lowest BCUT2D eigenvalue weighted by molar-refractivity contribution is -0.132. The minimum absolute atomic E-state index is 0.120. The van der Waals surface area contributed by atoms with Crippen molar-refractivity contribution in [2.24, 2.45) is 0 Å². The third-order valence-corrected chi connectivity index (χ3v) is 5.65. The van der Waals surface area contributed by atoms with Crippen LogP contribution in [0, 0.1) is 6.92 Å². The van der Waals surface area contributed by atoms with E-state index in [1.54, 1.807) is 0 Å². The number of imidazole rings is 1. The lowest BCUT2D eigenvalue weighted by Crippen LogP contribution is -2.49. The topological polar surface area (TPSA) is 59.8 Å². The molecule has 0 spiro atoms. The molecule has 29 heavy (non-hydrogen) atoms. The molecule has 1 aromatic heterocycles. The number of rotatable bonds is 3. The van der Waals surface area contributed by atoms with Gasteiger partial charge in [-0.15, -0.1) is 0 Å². The molecule has 0 atom stereocenters. The summed E-state index contributed by atoms with van der Waals surface area (Å²) in [6.07, 6.45) is 0. The highest BCUT2D eigenvalue weighted by atomic mass is 16.6. The van der Waals surface area contributed by atoms with Crippen LogP contribution in [0.25, 0.3) is 11.0 Å². The first kappa shape index (κ1) is 17.8. The number of benzene rings is 2. The Bertz CT molecular complexity index is 1040. The van der Waals surface area contributed by atoms with Crippen LogP contribution in [0.5, 0.6) is 11.5 Å². The molecule has 1 fully saturated rings. The fourth-order valence-corrected chi connectivity index (χ4v) is 4.07. The Kier molecular flexibility index (Phi) is 4.50. The molecule has 2 aromatic carbocycles. The Hall–Kier alpha value is -3.22. The van der Waals surface area contributed by atoms with Crippen molar-refractivity contribution in [3.05, 3.63) is 48.3 Å². The summed E-state index contributed by atoms with van der Waals surface area (Å²) in [5.74, 6) is 2.37. The Morgan fingerprint density at radius 2 is 1.69 bits per heavy atom. The summed E-state index contributed by atoms with van der Waals surface area (Å²) in [6, 6.07) is 14.2. The smallest absolute Gasteiger partial charge is 0.242 e. The molecule has 0 aliphatic carbocycles. The first-order valence-corrected chi connectivity index (χ1v) is 10.0. The van der Waals surface area contributed by atoms with Gasteiger partial charge in [0.15, 0.2) is 11.5 Å². The highest BCUT2D eigenvalue weighted by molar-refractivity contribution is 5.84. The fraction of sp³-hybridized carbons (Fsp3) is 0.364. The number of ether oxygens (including phenoxy) is 2. The molecule has 0 saturated carbocycles. The average Bonchev–Trinajstić information content (AvgIpc) is 3.07. The number of carbonyl (C=O) groups is 1. The van der Waals surface area contributed by atoms with E-state index in [2.05, 4.69) is 22.0 Å². The van der Waals surface area contributed by atoms with E-state index >= 15 is 0 Å². The monoisotopic (exact) mass is 392 g/mol. The van der Waals surface area contributed by atoms with Gasteiger partial charge in [-0.1, -0.05) is 18.2 Å². The number of nitrogens with zero attached hydrogens (tertiary/aromatic N) is 4. The van der Waals surface area contributed by atoms with Gasteiger partial charge in [-0.05, 0) is 19.1 Å². The van der Waals surface area contributed by atoms with Crippen molar-refractivity contribution in [2.45, 2.75) is 13.5 Å². The molecule has 7 heteroatoms. The molecule has 0 bridgehead atoms. The van der Waals surface area contributed by atoms with Gasteiger partial charge in [0.25, 0.3) is 0 Å². The maximum Gasteiger partial charge on any atom is 0.242 e. The number of hydrogen-bond acceptors (Lipinski definition) is 5. The normalized spacial score (nSPS) is 16.3. The minimum Gasteiger partial charge on any atom is -0.486 e. The quantitative estimate of drug-likeness (QED) is 0.685. The SMILES string of the molecule is Cc1nc2cc3c(cc2n1CC(=O)N1CCN(c2ccccc2)CC1)OCCO3. The van der Waals surface area contributed by atoms with Crippen LogP contribution < -0.4 is 14.4 Å². The van der Waals surface area contributed by atoms with Gasteiger partial charge in [0.05, 0.1) is 11.0 Å². The van der Waals surface area contributed by atoms with Crippen molar-refractivity contribution >= 4 is 22.6 Å². The molecule has 3 aromatic rings. The second kappa shape index (κ2) is 7.31. The molecule has 1 saturated heterocycles. The van der Waals surface area contributed by atoms with Crippen molar-refractivity contribution in [2.75, 3.05) is 44.3 Å². The lowest BCUT2D eigenvalue weighted by atomic mass is 10.2. The summed E-state index contributed by atoms with van der Waals surface area (Å²) in [7, 11) is 0. The third-order valence-electron chi connectivity index (χ3n) is 5.65. The molecule has 3 heterocycles. The van der Waals surface area contributed by atoms with Crippen LogP contribution in [0.4, 0.5) is 5.69 Å². The van der Waals surface area contributed by atoms with Crippen molar-refractivity contribution < 1.29 is 14.3 Å². The molecule has 150 valence electrons. The van der Waals surface area contributed by atoms with Crippen molar-refractivity contribution in [1.82, 2.24) is 14.5 Å². The van der Waals surface area contributed by atoms with Gasteiger partial charge < -0.3 is 23.8 Å². The largest absolute Gasteiger partial charge is 0.486 e. The van der Waals surface area contributed by atoms with E-state index in [4.69, 9.17) is 9.47 Å². The second-order valence-electron chi connectivity index (χ2n) is 7.43. The number of aromatic nitrogens is 2. The van der Waals surface area contributed by atoms with Gasteiger partial charge >= 0.3 is 0 Å². The number of hydrogen-bond donors (Lipinski definition) is 0. The summed E-state index contributed by atoms with van der Waals surface area (Å²) in [6.45, 7) is 6.45. The molecule has 2 aliphatic rings. The zero-order valence-electron chi connectivity index (χ0n) is 16.5. The van der Waals surface area contributed by atoms with Crippen LogP contribution in [-0.2, 0) is 11.3 Å². The first-order valence-electron chi connectivity index (χ1n) is 10.0. The van der Waals surface area contributed by atoms with Gasteiger partial charge in [0.1, 0.15) is 25.6 Å². The molecular weight excluding hydrogens is 368 g/mol. The summed E-state index contributed by atoms with van der Waals surface area (Å²) < 4.78 is 13.3. The standard InChI is InChI=1S/C22H24N4O3/c1-16-23-18-13-20-21(29-12-11-28-20)14-19(18)26(16)15-22(27)25-9-7-24(8-10-25)17-5-3-2-4-6-17/h2-6,13-14H,7-12,15H2,1H3. The third kappa shape index (κ3) is 3.37. The van der Waals surface area contributed by atoms with Crippen molar-refractivity contribution in [1.29, 1.82) is 0 Å². The molecule has 5 rings (SSSR count). The van der Waals surface area contributed by atoms with E-state index in [0.717, 1.165) is 48.8 Å². The van der Waals surface area contributed by atoms with Crippen LogP contribution in [0.1, 0.15) is 5.82 Å². The first-order chi connectivity index (χ1) is 14.2. The summed E-state index contributed by atoms with van der Waals surface area (Å²) >= 11 is 0. The highest BCUT2D eigenvalue weighted by Gasteiger charge is 2.23. The number of carbonyl (C=O) groups excluding carboxylic acids is 1. The minimum atomic E-state index is 0.120. The average molecular weight is 392 g/mol.